The molecule has 3 N–H and O–H groups in total. The highest BCUT2D eigenvalue weighted by Gasteiger charge is 2.27. The SMILES string of the molecule is CC[C@H](NC(=O)NN1C(C)CCCC1C)C(=O)O. The lowest BCUT2D eigenvalue weighted by Crippen LogP contribution is -2.58. The van der Waals surface area contributed by atoms with Crippen molar-refractivity contribution in [1.29, 1.82) is 0 Å². The first-order chi connectivity index (χ1) is 8.45. The summed E-state index contributed by atoms with van der Waals surface area (Å²) >= 11 is 0. The lowest BCUT2D eigenvalue weighted by atomic mass is 10.00. The molecule has 6 nitrogen and oxygen atoms in total. The van der Waals surface area contributed by atoms with Crippen LogP contribution < -0.4 is 10.7 Å². The molecule has 1 heterocycles. The van der Waals surface area contributed by atoms with Crippen molar-refractivity contribution in [1.82, 2.24) is 15.8 Å². The number of amides is 2. The van der Waals surface area contributed by atoms with Crippen molar-refractivity contribution in [3.8, 4) is 0 Å². The molecule has 1 saturated heterocycles. The van der Waals surface area contributed by atoms with Gasteiger partial charge < -0.3 is 10.4 Å². The number of rotatable bonds is 4. The number of aliphatic carboxylic acids is 1. The summed E-state index contributed by atoms with van der Waals surface area (Å²) < 4.78 is 0. The molecule has 0 saturated carbocycles. The maximum Gasteiger partial charge on any atom is 0.330 e. The Balaban J connectivity index is 2.50. The van der Waals surface area contributed by atoms with Crippen LogP contribution in [0.5, 0.6) is 0 Å². The van der Waals surface area contributed by atoms with Crippen molar-refractivity contribution in [2.24, 2.45) is 0 Å². The Kier molecular flexibility index (Phi) is 5.40. The van der Waals surface area contributed by atoms with E-state index in [0.29, 0.717) is 6.42 Å². The van der Waals surface area contributed by atoms with E-state index in [1.165, 1.54) is 0 Å². The van der Waals surface area contributed by atoms with E-state index in [1.54, 1.807) is 6.92 Å². The Morgan fingerprint density at radius 3 is 2.33 bits per heavy atom. The zero-order valence-electron chi connectivity index (χ0n) is 11.3. The average Bonchev–Trinajstić information content (AvgIpc) is 2.30. The van der Waals surface area contributed by atoms with Crippen LogP contribution in [0.3, 0.4) is 0 Å². The minimum Gasteiger partial charge on any atom is -0.480 e. The van der Waals surface area contributed by atoms with Gasteiger partial charge in [0.15, 0.2) is 0 Å². The van der Waals surface area contributed by atoms with Crippen LogP contribution in [0.4, 0.5) is 4.79 Å². The first-order valence-electron chi connectivity index (χ1n) is 6.54. The Bertz CT molecular complexity index is 299. The highest BCUT2D eigenvalue weighted by atomic mass is 16.4. The van der Waals surface area contributed by atoms with Gasteiger partial charge in [-0.1, -0.05) is 13.3 Å². The molecule has 6 heteroatoms. The molecule has 0 aliphatic carbocycles. The Labute approximate surface area is 108 Å². The van der Waals surface area contributed by atoms with Crippen LogP contribution >= 0.6 is 0 Å². The predicted octanol–water partition coefficient (Wildman–Crippen LogP) is 1.33. The summed E-state index contributed by atoms with van der Waals surface area (Å²) in [5, 5.41) is 13.2. The van der Waals surface area contributed by atoms with Crippen molar-refractivity contribution in [3.05, 3.63) is 0 Å². The minimum absolute atomic E-state index is 0.282. The third kappa shape index (κ3) is 3.87. The van der Waals surface area contributed by atoms with E-state index in [2.05, 4.69) is 24.6 Å². The van der Waals surface area contributed by atoms with Gasteiger partial charge in [-0.2, -0.15) is 0 Å². The summed E-state index contributed by atoms with van der Waals surface area (Å²) in [5.74, 6) is -1.01. The normalized spacial score (nSPS) is 26.4. The van der Waals surface area contributed by atoms with E-state index in [4.69, 9.17) is 5.11 Å². The van der Waals surface area contributed by atoms with Gasteiger partial charge in [0.2, 0.25) is 0 Å². The second kappa shape index (κ2) is 6.58. The van der Waals surface area contributed by atoms with Gasteiger partial charge >= 0.3 is 12.0 Å². The summed E-state index contributed by atoms with van der Waals surface area (Å²) in [6.45, 7) is 5.85. The van der Waals surface area contributed by atoms with Crippen LogP contribution in [-0.2, 0) is 4.79 Å². The van der Waals surface area contributed by atoms with Crippen molar-refractivity contribution in [2.45, 2.75) is 64.6 Å². The number of hydrogen-bond donors (Lipinski definition) is 3. The molecular weight excluding hydrogens is 234 g/mol. The highest BCUT2D eigenvalue weighted by molar-refractivity contribution is 5.82. The summed E-state index contributed by atoms with van der Waals surface area (Å²) in [5.41, 5.74) is 2.76. The summed E-state index contributed by atoms with van der Waals surface area (Å²) in [6.07, 6.45) is 3.62. The lowest BCUT2D eigenvalue weighted by Gasteiger charge is -2.38. The van der Waals surface area contributed by atoms with Crippen LogP contribution in [0.2, 0.25) is 0 Å². The van der Waals surface area contributed by atoms with E-state index in [9.17, 15) is 9.59 Å². The van der Waals surface area contributed by atoms with Gasteiger partial charge in [0.25, 0.3) is 0 Å². The minimum atomic E-state index is -1.01. The number of nitrogens with one attached hydrogen (secondary N) is 2. The molecule has 0 spiro atoms. The Hall–Kier alpha value is -1.30. The van der Waals surface area contributed by atoms with Crippen molar-refractivity contribution >= 4 is 12.0 Å². The number of carbonyl (C=O) groups is 2. The summed E-state index contributed by atoms with van der Waals surface area (Å²) in [6, 6.07) is -0.709. The molecule has 104 valence electrons. The number of carbonyl (C=O) groups excluding carboxylic acids is 1. The van der Waals surface area contributed by atoms with Crippen LogP contribution in [0, 0.1) is 0 Å². The standard InChI is InChI=1S/C12H23N3O3/c1-4-10(11(16)17)13-12(18)14-15-8(2)6-5-7-9(15)3/h8-10H,4-7H2,1-3H3,(H,16,17)(H2,13,14,18)/t8?,9?,10-/m0/s1. The zero-order valence-corrected chi connectivity index (χ0v) is 11.3. The maximum atomic E-state index is 11.7. The lowest BCUT2D eigenvalue weighted by molar-refractivity contribution is -0.139. The Morgan fingerprint density at radius 2 is 1.89 bits per heavy atom. The molecule has 3 atom stereocenters. The van der Waals surface area contributed by atoms with E-state index in [1.807, 2.05) is 5.01 Å². The van der Waals surface area contributed by atoms with Crippen LogP contribution in [0.1, 0.15) is 46.5 Å². The maximum absolute atomic E-state index is 11.7. The number of carboxylic acid groups (broad SMARTS) is 1. The van der Waals surface area contributed by atoms with E-state index < -0.39 is 18.0 Å². The molecule has 2 unspecified atom stereocenters. The van der Waals surface area contributed by atoms with Crippen LogP contribution in [-0.4, -0.2) is 40.2 Å². The third-order valence-corrected chi connectivity index (χ3v) is 3.44. The molecule has 18 heavy (non-hydrogen) atoms. The first-order valence-corrected chi connectivity index (χ1v) is 6.54. The number of piperidine rings is 1. The van der Waals surface area contributed by atoms with Gasteiger partial charge in [0, 0.05) is 12.1 Å². The molecule has 0 radical (unpaired) electrons. The average molecular weight is 257 g/mol. The van der Waals surface area contributed by atoms with Crippen LogP contribution in [0.25, 0.3) is 0 Å². The quantitative estimate of drug-likeness (QED) is 0.709. The molecule has 1 rings (SSSR count). The third-order valence-electron chi connectivity index (χ3n) is 3.44. The molecule has 1 aliphatic heterocycles. The molecule has 0 aromatic rings. The molecule has 0 aromatic carbocycles. The first kappa shape index (κ1) is 14.8. The molecular formula is C12H23N3O3. The number of nitrogens with zero attached hydrogens (tertiary/aromatic N) is 1. The molecule has 1 aliphatic rings. The van der Waals surface area contributed by atoms with Gasteiger partial charge in [0.1, 0.15) is 6.04 Å². The van der Waals surface area contributed by atoms with E-state index in [-0.39, 0.29) is 12.1 Å². The molecule has 2 amide bonds. The predicted molar refractivity (Wildman–Crippen MR) is 68.0 cm³/mol. The van der Waals surface area contributed by atoms with Gasteiger partial charge in [-0.25, -0.2) is 14.6 Å². The summed E-state index contributed by atoms with van der Waals surface area (Å²) in [4.78, 5) is 22.6. The summed E-state index contributed by atoms with van der Waals surface area (Å²) in [7, 11) is 0. The molecule has 1 fully saturated rings. The van der Waals surface area contributed by atoms with E-state index in [0.717, 1.165) is 19.3 Å². The zero-order chi connectivity index (χ0) is 13.7. The van der Waals surface area contributed by atoms with Gasteiger partial charge in [-0.15, -0.1) is 0 Å². The fourth-order valence-corrected chi connectivity index (χ4v) is 2.29. The van der Waals surface area contributed by atoms with Crippen molar-refractivity contribution < 1.29 is 14.7 Å². The van der Waals surface area contributed by atoms with Crippen molar-refractivity contribution in [3.63, 3.8) is 0 Å². The fourth-order valence-electron chi connectivity index (χ4n) is 2.29. The largest absolute Gasteiger partial charge is 0.480 e. The molecule has 0 bridgehead atoms. The van der Waals surface area contributed by atoms with Crippen LogP contribution in [0.15, 0.2) is 0 Å². The van der Waals surface area contributed by atoms with Gasteiger partial charge in [-0.05, 0) is 33.1 Å². The van der Waals surface area contributed by atoms with Gasteiger partial charge in [-0.3, -0.25) is 5.43 Å². The molecule has 0 aromatic heterocycles. The monoisotopic (exact) mass is 257 g/mol. The second-order valence-corrected chi connectivity index (χ2v) is 4.92. The number of carboxylic acids is 1. The highest BCUT2D eigenvalue weighted by Crippen LogP contribution is 2.19. The fraction of sp³-hybridized carbons (Fsp3) is 0.833. The second-order valence-electron chi connectivity index (χ2n) is 4.92. The Morgan fingerprint density at radius 1 is 1.33 bits per heavy atom. The van der Waals surface area contributed by atoms with E-state index >= 15 is 0 Å². The number of urea groups is 1. The number of hydrogen-bond acceptors (Lipinski definition) is 3. The smallest absolute Gasteiger partial charge is 0.330 e. The number of hydrazine groups is 1. The van der Waals surface area contributed by atoms with Gasteiger partial charge in [0.05, 0.1) is 0 Å². The van der Waals surface area contributed by atoms with Crippen molar-refractivity contribution in [2.75, 3.05) is 0 Å². The topological polar surface area (TPSA) is 81.7 Å².